The molecular formula is C10H13ClN2O. The zero-order chi connectivity index (χ0) is 10.4. The summed E-state index contributed by atoms with van der Waals surface area (Å²) in [6.07, 6.45) is 0. The van der Waals surface area contributed by atoms with E-state index in [0.717, 1.165) is 11.3 Å². The lowest BCUT2D eigenvalue weighted by Gasteiger charge is -2.03. The average Bonchev–Trinajstić information content (AvgIpc) is 2.18. The monoisotopic (exact) mass is 212 g/mol. The van der Waals surface area contributed by atoms with Gasteiger partial charge in [0.05, 0.1) is 11.6 Å². The quantitative estimate of drug-likeness (QED) is 0.274. The molecule has 0 saturated heterocycles. The molecule has 0 bridgehead atoms. The van der Waals surface area contributed by atoms with Gasteiger partial charge >= 0.3 is 0 Å². The number of nitrogens with two attached hydrogens (primary N) is 1. The van der Waals surface area contributed by atoms with Crippen molar-refractivity contribution in [1.82, 2.24) is 0 Å². The van der Waals surface area contributed by atoms with Crippen molar-refractivity contribution in [1.29, 1.82) is 0 Å². The van der Waals surface area contributed by atoms with Crippen molar-refractivity contribution < 1.29 is 4.84 Å². The lowest BCUT2D eigenvalue weighted by atomic mass is 10.1. The van der Waals surface area contributed by atoms with Crippen molar-refractivity contribution in [3.05, 3.63) is 29.8 Å². The minimum atomic E-state index is 0.408. The molecule has 76 valence electrons. The summed E-state index contributed by atoms with van der Waals surface area (Å²) in [6, 6.07) is 7.52. The average molecular weight is 213 g/mol. The fourth-order valence-electron chi connectivity index (χ4n) is 1.05. The van der Waals surface area contributed by atoms with Gasteiger partial charge in [-0.25, -0.2) is 0 Å². The predicted molar refractivity (Wildman–Crippen MR) is 59.7 cm³/mol. The first kappa shape index (κ1) is 10.9. The largest absolute Gasteiger partial charge is 0.398 e. The van der Waals surface area contributed by atoms with Crippen LogP contribution in [0, 0.1) is 0 Å². The van der Waals surface area contributed by atoms with E-state index in [4.69, 9.17) is 22.2 Å². The van der Waals surface area contributed by atoms with Gasteiger partial charge in [-0.2, -0.15) is 0 Å². The van der Waals surface area contributed by atoms with Gasteiger partial charge in [-0.1, -0.05) is 23.4 Å². The second-order valence-corrected chi connectivity index (χ2v) is 3.16. The van der Waals surface area contributed by atoms with Crippen molar-refractivity contribution >= 4 is 23.0 Å². The number of benzene rings is 1. The van der Waals surface area contributed by atoms with Crippen LogP contribution in [0.3, 0.4) is 0 Å². The number of oxime groups is 1. The second kappa shape index (κ2) is 5.50. The minimum absolute atomic E-state index is 0.408. The van der Waals surface area contributed by atoms with Crippen LogP contribution in [-0.2, 0) is 4.84 Å². The van der Waals surface area contributed by atoms with Crippen LogP contribution in [-0.4, -0.2) is 18.2 Å². The molecule has 3 nitrogen and oxygen atoms in total. The van der Waals surface area contributed by atoms with E-state index >= 15 is 0 Å². The molecule has 0 saturated carbocycles. The molecule has 0 radical (unpaired) electrons. The summed E-state index contributed by atoms with van der Waals surface area (Å²) in [5, 5.41) is 3.90. The number of rotatable bonds is 4. The van der Waals surface area contributed by atoms with Crippen LogP contribution in [0.25, 0.3) is 0 Å². The third-order valence-corrected chi connectivity index (χ3v) is 1.87. The van der Waals surface area contributed by atoms with E-state index in [2.05, 4.69) is 5.16 Å². The number of halogens is 1. The van der Waals surface area contributed by atoms with E-state index in [1.807, 2.05) is 31.2 Å². The van der Waals surface area contributed by atoms with Gasteiger partial charge in [0.1, 0.15) is 6.61 Å². The molecule has 0 aromatic heterocycles. The maximum absolute atomic E-state index is 5.76. The first-order chi connectivity index (χ1) is 6.75. The highest BCUT2D eigenvalue weighted by atomic mass is 35.5. The maximum atomic E-state index is 5.76. The van der Waals surface area contributed by atoms with Crippen molar-refractivity contribution in [2.45, 2.75) is 6.92 Å². The first-order valence-corrected chi connectivity index (χ1v) is 4.86. The fourth-order valence-corrected chi connectivity index (χ4v) is 1.12. The van der Waals surface area contributed by atoms with Crippen LogP contribution in [0.1, 0.15) is 12.5 Å². The Hall–Kier alpha value is -1.22. The molecular weight excluding hydrogens is 200 g/mol. The molecule has 0 aliphatic carbocycles. The van der Waals surface area contributed by atoms with Gasteiger partial charge in [-0.3, -0.25) is 0 Å². The zero-order valence-electron chi connectivity index (χ0n) is 8.03. The van der Waals surface area contributed by atoms with Crippen molar-refractivity contribution in [2.75, 3.05) is 18.2 Å². The summed E-state index contributed by atoms with van der Waals surface area (Å²) in [7, 11) is 0. The summed E-state index contributed by atoms with van der Waals surface area (Å²) in [4.78, 5) is 4.95. The molecule has 0 aliphatic rings. The van der Waals surface area contributed by atoms with Gasteiger partial charge < -0.3 is 10.6 Å². The predicted octanol–water partition coefficient (Wildman–Crippen LogP) is 2.25. The number of nitrogen functional groups attached to an aromatic ring is 1. The summed E-state index contributed by atoms with van der Waals surface area (Å²) in [5.74, 6) is 0.432. The Balaban J connectivity index is 2.73. The highest BCUT2D eigenvalue weighted by Gasteiger charge is 2.01. The maximum Gasteiger partial charge on any atom is 0.130 e. The molecule has 0 aliphatic heterocycles. The summed E-state index contributed by atoms with van der Waals surface area (Å²) >= 11 is 5.44. The topological polar surface area (TPSA) is 47.6 Å². The molecule has 1 aromatic carbocycles. The van der Waals surface area contributed by atoms with Gasteiger partial charge in [0.2, 0.25) is 0 Å². The van der Waals surface area contributed by atoms with E-state index in [-0.39, 0.29) is 0 Å². The van der Waals surface area contributed by atoms with E-state index in [9.17, 15) is 0 Å². The highest BCUT2D eigenvalue weighted by molar-refractivity contribution is 6.17. The van der Waals surface area contributed by atoms with E-state index in [0.29, 0.717) is 18.2 Å². The van der Waals surface area contributed by atoms with Gasteiger partial charge in [0.25, 0.3) is 0 Å². The molecule has 0 fully saturated rings. The number of hydrogen-bond donors (Lipinski definition) is 1. The van der Waals surface area contributed by atoms with E-state index < -0.39 is 0 Å². The van der Waals surface area contributed by atoms with Crippen LogP contribution < -0.4 is 5.73 Å². The number of para-hydroxylation sites is 1. The van der Waals surface area contributed by atoms with Gasteiger partial charge in [-0.15, -0.1) is 11.6 Å². The fraction of sp³-hybridized carbons (Fsp3) is 0.300. The number of nitrogens with zero attached hydrogens (tertiary/aromatic N) is 1. The Kier molecular flexibility index (Phi) is 4.26. The standard InChI is InChI=1S/C10H13ClN2O/c1-8(13-14-7-6-11)9-4-2-3-5-10(9)12/h2-5H,6-7,12H2,1H3/b13-8+. The normalized spacial score (nSPS) is 11.4. The Morgan fingerprint density at radius 1 is 1.50 bits per heavy atom. The number of hydrogen-bond acceptors (Lipinski definition) is 3. The highest BCUT2D eigenvalue weighted by Crippen LogP contribution is 2.11. The van der Waals surface area contributed by atoms with Crippen LogP contribution in [0.15, 0.2) is 29.4 Å². The third-order valence-electron chi connectivity index (χ3n) is 1.72. The van der Waals surface area contributed by atoms with Crippen molar-refractivity contribution in [3.63, 3.8) is 0 Å². The van der Waals surface area contributed by atoms with Crippen molar-refractivity contribution in [2.24, 2.45) is 5.16 Å². The molecule has 0 unspecified atom stereocenters. The lowest BCUT2D eigenvalue weighted by Crippen LogP contribution is -2.02. The molecule has 0 amide bonds. The Morgan fingerprint density at radius 3 is 2.86 bits per heavy atom. The van der Waals surface area contributed by atoms with E-state index in [1.165, 1.54) is 0 Å². The summed E-state index contributed by atoms with van der Waals surface area (Å²) in [6.45, 7) is 2.26. The zero-order valence-corrected chi connectivity index (χ0v) is 8.79. The smallest absolute Gasteiger partial charge is 0.130 e. The molecule has 2 N–H and O–H groups in total. The molecule has 14 heavy (non-hydrogen) atoms. The summed E-state index contributed by atoms with van der Waals surface area (Å²) in [5.41, 5.74) is 8.11. The van der Waals surface area contributed by atoms with Crippen LogP contribution >= 0.6 is 11.6 Å². The third kappa shape index (κ3) is 2.92. The van der Waals surface area contributed by atoms with Gasteiger partial charge in [-0.05, 0) is 13.0 Å². The molecule has 0 atom stereocenters. The number of alkyl halides is 1. The van der Waals surface area contributed by atoms with Gasteiger partial charge in [0, 0.05) is 11.3 Å². The second-order valence-electron chi connectivity index (χ2n) is 2.79. The Morgan fingerprint density at radius 2 is 2.21 bits per heavy atom. The molecule has 1 rings (SSSR count). The first-order valence-electron chi connectivity index (χ1n) is 4.33. The lowest BCUT2D eigenvalue weighted by molar-refractivity contribution is 0.161. The van der Waals surface area contributed by atoms with E-state index in [1.54, 1.807) is 0 Å². The SMILES string of the molecule is C/C(=N\OCCCl)c1ccccc1N. The molecule has 0 heterocycles. The molecule has 1 aromatic rings. The van der Waals surface area contributed by atoms with Crippen LogP contribution in [0.2, 0.25) is 0 Å². The van der Waals surface area contributed by atoms with Crippen molar-refractivity contribution in [3.8, 4) is 0 Å². The van der Waals surface area contributed by atoms with Crippen LogP contribution in [0.5, 0.6) is 0 Å². The minimum Gasteiger partial charge on any atom is -0.398 e. The Labute approximate surface area is 88.5 Å². The van der Waals surface area contributed by atoms with Gasteiger partial charge in [0.15, 0.2) is 0 Å². The van der Waals surface area contributed by atoms with Crippen LogP contribution in [0.4, 0.5) is 5.69 Å². The molecule has 4 heteroatoms. The Bertz CT molecular complexity index is 326. The molecule has 0 spiro atoms. The number of anilines is 1. The summed E-state index contributed by atoms with van der Waals surface area (Å²) < 4.78 is 0.